The van der Waals surface area contributed by atoms with Crippen LogP contribution in [0.2, 0.25) is 0 Å². The highest BCUT2D eigenvalue weighted by molar-refractivity contribution is 5.19. The van der Waals surface area contributed by atoms with Gasteiger partial charge in [-0.3, -0.25) is 9.78 Å². The van der Waals surface area contributed by atoms with Crippen molar-refractivity contribution < 1.29 is 0 Å². The predicted molar refractivity (Wildman–Crippen MR) is 90.1 cm³/mol. The molecule has 1 unspecified atom stereocenters. The summed E-state index contributed by atoms with van der Waals surface area (Å²) in [6.45, 7) is 4.35. The van der Waals surface area contributed by atoms with Crippen molar-refractivity contribution in [2.24, 2.45) is 0 Å². The number of hydrogen-bond donors (Lipinski definition) is 2. The van der Waals surface area contributed by atoms with E-state index in [1.165, 1.54) is 30.4 Å². The molecule has 0 spiro atoms. The van der Waals surface area contributed by atoms with Crippen LogP contribution in [0, 0.1) is 0 Å². The average Bonchev–Trinajstić information content (AvgIpc) is 2.49. The second-order valence-electron chi connectivity index (χ2n) is 5.94. The van der Waals surface area contributed by atoms with Crippen molar-refractivity contribution in [3.8, 4) is 0 Å². The highest BCUT2D eigenvalue weighted by Gasteiger charge is 2.15. The van der Waals surface area contributed by atoms with Gasteiger partial charge in [-0.2, -0.15) is 0 Å². The van der Waals surface area contributed by atoms with E-state index in [9.17, 15) is 9.59 Å². The van der Waals surface area contributed by atoms with Crippen molar-refractivity contribution >= 4 is 5.82 Å². The maximum atomic E-state index is 12.0. The quantitative estimate of drug-likeness (QED) is 0.614. The van der Waals surface area contributed by atoms with Crippen LogP contribution in [-0.2, 0) is 0 Å². The van der Waals surface area contributed by atoms with Crippen molar-refractivity contribution in [1.82, 2.24) is 14.8 Å². The topological polar surface area (TPSA) is 93.8 Å². The Kier molecular flexibility index (Phi) is 8.55. The Balaban J connectivity index is 2.74. The molecular formula is C16H30N4O2. The zero-order valence-electron chi connectivity index (χ0n) is 13.9. The first-order valence-electron chi connectivity index (χ1n) is 8.58. The summed E-state index contributed by atoms with van der Waals surface area (Å²) in [5.41, 5.74) is 4.51. The van der Waals surface area contributed by atoms with Crippen molar-refractivity contribution in [1.29, 1.82) is 0 Å². The maximum Gasteiger partial charge on any atom is 0.345 e. The molecule has 1 aromatic rings. The Hall–Kier alpha value is -1.59. The number of nitrogens with one attached hydrogen (secondary N) is 1. The van der Waals surface area contributed by atoms with E-state index in [1.807, 2.05) is 0 Å². The molecule has 0 aromatic carbocycles. The van der Waals surface area contributed by atoms with Crippen LogP contribution in [0.5, 0.6) is 0 Å². The number of nitrogens with two attached hydrogens (primary N) is 1. The lowest BCUT2D eigenvalue weighted by molar-refractivity contribution is 0.350. The van der Waals surface area contributed by atoms with Gasteiger partial charge in [0.15, 0.2) is 0 Å². The predicted octanol–water partition coefficient (Wildman–Crippen LogP) is 3.00. The van der Waals surface area contributed by atoms with Gasteiger partial charge in [0.1, 0.15) is 0 Å². The molecule has 0 amide bonds. The molecule has 6 heteroatoms. The largest absolute Gasteiger partial charge is 0.378 e. The molecule has 3 N–H and O–H groups in total. The fourth-order valence-corrected chi connectivity index (χ4v) is 2.68. The summed E-state index contributed by atoms with van der Waals surface area (Å²) in [6, 6.07) is 0.0276. The number of aromatic amines is 1. The van der Waals surface area contributed by atoms with Gasteiger partial charge >= 0.3 is 5.69 Å². The highest BCUT2D eigenvalue weighted by Crippen LogP contribution is 2.21. The summed E-state index contributed by atoms with van der Waals surface area (Å²) >= 11 is 0. The molecule has 0 saturated heterocycles. The molecule has 1 rings (SSSR count). The van der Waals surface area contributed by atoms with Gasteiger partial charge in [-0.1, -0.05) is 65.2 Å². The molecule has 1 aromatic heterocycles. The Labute approximate surface area is 132 Å². The Morgan fingerprint density at radius 1 is 1.00 bits per heavy atom. The molecule has 1 atom stereocenters. The zero-order valence-corrected chi connectivity index (χ0v) is 13.9. The fourth-order valence-electron chi connectivity index (χ4n) is 2.68. The third-order valence-corrected chi connectivity index (χ3v) is 4.00. The van der Waals surface area contributed by atoms with E-state index in [0.29, 0.717) is 0 Å². The molecule has 0 aliphatic heterocycles. The molecule has 0 aliphatic rings. The van der Waals surface area contributed by atoms with Crippen LogP contribution in [0.3, 0.4) is 0 Å². The molecule has 1 heterocycles. The zero-order chi connectivity index (χ0) is 16.4. The van der Waals surface area contributed by atoms with Gasteiger partial charge in [0.05, 0.1) is 6.04 Å². The van der Waals surface area contributed by atoms with Gasteiger partial charge in [0.2, 0.25) is 5.82 Å². The van der Waals surface area contributed by atoms with Crippen LogP contribution in [0.4, 0.5) is 5.82 Å². The van der Waals surface area contributed by atoms with Gasteiger partial charge in [-0.05, 0) is 12.8 Å². The second kappa shape index (κ2) is 10.2. The fraction of sp³-hybridized carbons (Fsp3) is 0.812. The lowest BCUT2D eigenvalue weighted by Gasteiger charge is -2.18. The van der Waals surface area contributed by atoms with E-state index in [0.717, 1.165) is 38.5 Å². The minimum absolute atomic E-state index is 0.0276. The summed E-state index contributed by atoms with van der Waals surface area (Å²) in [5.74, 6) is -0.133. The third kappa shape index (κ3) is 6.03. The highest BCUT2D eigenvalue weighted by atomic mass is 16.2. The number of hydrogen-bond acceptors (Lipinski definition) is 4. The Bertz CT molecular complexity index is 536. The van der Waals surface area contributed by atoms with Gasteiger partial charge < -0.3 is 5.73 Å². The second-order valence-corrected chi connectivity index (χ2v) is 5.94. The van der Waals surface area contributed by atoms with Crippen molar-refractivity contribution in [2.75, 3.05) is 5.73 Å². The average molecular weight is 310 g/mol. The van der Waals surface area contributed by atoms with Crippen molar-refractivity contribution in [3.63, 3.8) is 0 Å². The van der Waals surface area contributed by atoms with E-state index in [-0.39, 0.29) is 11.9 Å². The first-order chi connectivity index (χ1) is 10.6. The molecule has 0 aliphatic carbocycles. The lowest BCUT2D eigenvalue weighted by Crippen LogP contribution is -2.36. The Morgan fingerprint density at radius 3 is 2.18 bits per heavy atom. The van der Waals surface area contributed by atoms with Crippen LogP contribution in [0.25, 0.3) is 0 Å². The third-order valence-electron chi connectivity index (χ3n) is 4.00. The van der Waals surface area contributed by atoms with Gasteiger partial charge in [-0.15, -0.1) is 5.10 Å². The first-order valence-corrected chi connectivity index (χ1v) is 8.58. The summed E-state index contributed by atoms with van der Waals surface area (Å²) < 4.78 is 1.38. The molecule has 0 bridgehead atoms. The number of nitrogen functional groups attached to an aromatic ring is 1. The molecule has 0 radical (unpaired) electrons. The maximum absolute atomic E-state index is 12.0. The van der Waals surface area contributed by atoms with Crippen molar-refractivity contribution in [3.05, 3.63) is 20.8 Å². The smallest absolute Gasteiger partial charge is 0.345 e. The van der Waals surface area contributed by atoms with Crippen molar-refractivity contribution in [2.45, 2.75) is 84.1 Å². The minimum atomic E-state index is -0.600. The standard InChI is InChI=1S/C16H30N4O2/c1-3-5-7-8-10-12-13(11-9-6-4-2)20-16(22)18-15(21)14(17)19-20/h13H,3-12H2,1-2H3,(H2,17,19)(H,18,21,22). The number of rotatable bonds is 11. The van der Waals surface area contributed by atoms with E-state index in [1.54, 1.807) is 0 Å². The number of anilines is 1. The number of nitrogens with zero attached hydrogens (tertiary/aromatic N) is 2. The van der Waals surface area contributed by atoms with E-state index in [4.69, 9.17) is 5.73 Å². The van der Waals surface area contributed by atoms with Gasteiger partial charge in [0, 0.05) is 0 Å². The number of aromatic nitrogens is 3. The molecule has 22 heavy (non-hydrogen) atoms. The number of unbranched alkanes of at least 4 members (excludes halogenated alkanes) is 6. The lowest BCUT2D eigenvalue weighted by atomic mass is 10.0. The minimum Gasteiger partial charge on any atom is -0.378 e. The van der Waals surface area contributed by atoms with E-state index >= 15 is 0 Å². The first kappa shape index (κ1) is 18.5. The summed E-state index contributed by atoms with van der Waals surface area (Å²) in [6.07, 6.45) is 11.1. The van der Waals surface area contributed by atoms with Crippen LogP contribution < -0.4 is 17.0 Å². The van der Waals surface area contributed by atoms with Crippen LogP contribution in [0.1, 0.15) is 84.1 Å². The van der Waals surface area contributed by atoms with Crippen LogP contribution in [-0.4, -0.2) is 14.8 Å². The van der Waals surface area contributed by atoms with Crippen LogP contribution >= 0.6 is 0 Å². The molecule has 126 valence electrons. The summed E-state index contributed by atoms with van der Waals surface area (Å²) in [7, 11) is 0. The van der Waals surface area contributed by atoms with Gasteiger partial charge in [0.25, 0.3) is 5.56 Å². The Morgan fingerprint density at radius 2 is 1.55 bits per heavy atom. The molecular weight excluding hydrogens is 280 g/mol. The van der Waals surface area contributed by atoms with E-state index in [2.05, 4.69) is 23.9 Å². The molecule has 6 nitrogen and oxygen atoms in total. The summed E-state index contributed by atoms with van der Waals surface area (Å²) in [5, 5.41) is 4.00. The van der Waals surface area contributed by atoms with E-state index < -0.39 is 11.2 Å². The molecule has 0 saturated carbocycles. The normalized spacial score (nSPS) is 12.5. The summed E-state index contributed by atoms with van der Waals surface area (Å²) in [4.78, 5) is 25.6. The SMILES string of the molecule is CCCCCCCC(CCCCC)n1nc(N)c(=O)[nH]c1=O. The molecule has 0 fully saturated rings. The van der Waals surface area contributed by atoms with Crippen LogP contribution in [0.15, 0.2) is 9.59 Å². The monoisotopic (exact) mass is 310 g/mol. The number of H-pyrrole nitrogens is 1. The van der Waals surface area contributed by atoms with Gasteiger partial charge in [-0.25, -0.2) is 9.48 Å².